The number of rotatable bonds is 4. The summed E-state index contributed by atoms with van der Waals surface area (Å²) in [5.74, 6) is -1.22. The monoisotopic (exact) mass is 393 g/mol. The van der Waals surface area contributed by atoms with Gasteiger partial charge in [0, 0.05) is 18.1 Å². The lowest BCUT2D eigenvalue weighted by molar-refractivity contribution is -0.140. The van der Waals surface area contributed by atoms with Gasteiger partial charge < -0.3 is 9.64 Å². The fraction of sp³-hybridized carbons (Fsp3) is 0.467. The molecule has 0 N–H and O–H groups in total. The zero-order valence-electron chi connectivity index (χ0n) is 13.2. The Kier molecular flexibility index (Phi) is 5.78. The van der Waals surface area contributed by atoms with Crippen molar-refractivity contribution < 1.29 is 22.7 Å². The fourth-order valence-electron chi connectivity index (χ4n) is 2.48. The number of hydrogen-bond donors (Lipinski definition) is 0. The first-order chi connectivity index (χ1) is 11.1. The Labute approximate surface area is 150 Å². The molecule has 1 aromatic rings. The van der Waals surface area contributed by atoms with Crippen molar-refractivity contribution in [1.29, 1.82) is 0 Å². The molecule has 1 heterocycles. The zero-order valence-corrected chi connectivity index (χ0v) is 15.5. The molecule has 1 aliphatic rings. The summed E-state index contributed by atoms with van der Waals surface area (Å²) >= 11 is 11.7. The van der Waals surface area contributed by atoms with Crippen molar-refractivity contribution in [3.8, 4) is 0 Å². The average molecular weight is 394 g/mol. The van der Waals surface area contributed by atoms with Crippen molar-refractivity contribution in [3.63, 3.8) is 0 Å². The summed E-state index contributed by atoms with van der Waals surface area (Å²) in [6.07, 6.45) is -0.675. The van der Waals surface area contributed by atoms with Crippen LogP contribution in [-0.2, 0) is 19.4 Å². The molecule has 0 unspecified atom stereocenters. The molecule has 9 heteroatoms. The lowest BCUT2D eigenvalue weighted by Crippen LogP contribution is -2.44. The molecule has 0 radical (unpaired) electrons. The van der Waals surface area contributed by atoms with Gasteiger partial charge in [-0.25, -0.2) is 13.2 Å². The number of esters is 1. The third-order valence-electron chi connectivity index (χ3n) is 3.89. The predicted molar refractivity (Wildman–Crippen MR) is 91.2 cm³/mol. The molecule has 24 heavy (non-hydrogen) atoms. The Hall–Kier alpha value is -1.31. The molecule has 0 aromatic heterocycles. The van der Waals surface area contributed by atoms with Gasteiger partial charge in [0.15, 0.2) is 15.9 Å². The Morgan fingerprint density at radius 3 is 2.54 bits per heavy atom. The lowest BCUT2D eigenvalue weighted by Gasteiger charge is -2.26. The molecule has 1 fully saturated rings. The van der Waals surface area contributed by atoms with Crippen molar-refractivity contribution in [1.82, 2.24) is 4.90 Å². The van der Waals surface area contributed by atoms with Gasteiger partial charge in [-0.05, 0) is 31.5 Å². The van der Waals surface area contributed by atoms with Gasteiger partial charge in [0.25, 0.3) is 5.91 Å². The SMILES string of the molecule is C[C@H](OC(=O)c1ccc(Cl)cc1Cl)C(=O)N(C)[C@H]1CCS(=O)(=O)C1. The second-order valence-corrected chi connectivity index (χ2v) is 8.75. The van der Waals surface area contributed by atoms with Crippen LogP contribution >= 0.6 is 23.2 Å². The number of halogens is 2. The first kappa shape index (κ1) is 19.0. The van der Waals surface area contributed by atoms with Crippen molar-refractivity contribution in [2.45, 2.75) is 25.5 Å². The average Bonchev–Trinajstić information content (AvgIpc) is 2.85. The largest absolute Gasteiger partial charge is 0.449 e. The second-order valence-electron chi connectivity index (χ2n) is 5.68. The number of amides is 1. The van der Waals surface area contributed by atoms with Gasteiger partial charge in [-0.15, -0.1) is 0 Å². The molecule has 132 valence electrons. The smallest absolute Gasteiger partial charge is 0.340 e. The molecule has 6 nitrogen and oxygen atoms in total. The quantitative estimate of drug-likeness (QED) is 0.732. The fourth-order valence-corrected chi connectivity index (χ4v) is 4.74. The highest BCUT2D eigenvalue weighted by molar-refractivity contribution is 7.91. The van der Waals surface area contributed by atoms with E-state index in [1.165, 1.54) is 37.1 Å². The highest BCUT2D eigenvalue weighted by atomic mass is 35.5. The molecule has 2 rings (SSSR count). The molecule has 1 amide bonds. The normalized spacial score (nSPS) is 20.4. The summed E-state index contributed by atoms with van der Waals surface area (Å²) in [6, 6.07) is 3.91. The summed E-state index contributed by atoms with van der Waals surface area (Å²) in [5, 5.41) is 0.505. The van der Waals surface area contributed by atoms with Crippen LogP contribution in [0.5, 0.6) is 0 Å². The predicted octanol–water partition coefficient (Wildman–Crippen LogP) is 2.18. The Balaban J connectivity index is 2.02. The van der Waals surface area contributed by atoms with Crippen LogP contribution in [0.1, 0.15) is 23.7 Å². The van der Waals surface area contributed by atoms with E-state index in [1.54, 1.807) is 0 Å². The summed E-state index contributed by atoms with van der Waals surface area (Å²) < 4.78 is 28.2. The van der Waals surface area contributed by atoms with E-state index in [-0.39, 0.29) is 22.1 Å². The maximum Gasteiger partial charge on any atom is 0.340 e. The first-order valence-corrected chi connectivity index (χ1v) is 9.81. The first-order valence-electron chi connectivity index (χ1n) is 7.24. The molecular formula is C15H17Cl2NO5S. The van der Waals surface area contributed by atoms with Gasteiger partial charge in [-0.2, -0.15) is 0 Å². The van der Waals surface area contributed by atoms with Crippen LogP contribution in [0.3, 0.4) is 0 Å². The summed E-state index contributed by atoms with van der Waals surface area (Å²) in [5.41, 5.74) is 0.104. The highest BCUT2D eigenvalue weighted by Gasteiger charge is 2.35. The number of nitrogens with zero attached hydrogens (tertiary/aromatic N) is 1. The van der Waals surface area contributed by atoms with Gasteiger partial charge >= 0.3 is 5.97 Å². The number of carbonyl (C=O) groups is 2. The standard InChI is InChI=1S/C15H17Cl2NO5S/c1-9(14(19)18(2)11-5-6-24(21,22)8-11)23-15(20)12-4-3-10(16)7-13(12)17/h3-4,7,9,11H,5-6,8H2,1-2H3/t9-,11-/m0/s1. The van der Waals surface area contributed by atoms with E-state index in [2.05, 4.69) is 0 Å². The Bertz CT molecular complexity index is 765. The number of hydrogen-bond acceptors (Lipinski definition) is 5. The van der Waals surface area contributed by atoms with Crippen molar-refractivity contribution in [3.05, 3.63) is 33.8 Å². The Morgan fingerprint density at radius 2 is 2.00 bits per heavy atom. The highest BCUT2D eigenvalue weighted by Crippen LogP contribution is 2.23. The molecule has 0 spiro atoms. The van der Waals surface area contributed by atoms with Gasteiger partial charge in [0.1, 0.15) is 0 Å². The second kappa shape index (κ2) is 7.29. The zero-order chi connectivity index (χ0) is 18.1. The van der Waals surface area contributed by atoms with E-state index >= 15 is 0 Å². The van der Waals surface area contributed by atoms with Crippen molar-refractivity contribution >= 4 is 44.9 Å². The number of carbonyl (C=O) groups excluding carboxylic acids is 2. The maximum atomic E-state index is 12.3. The van der Waals surface area contributed by atoms with E-state index in [4.69, 9.17) is 27.9 Å². The van der Waals surface area contributed by atoms with Crippen LogP contribution in [0.2, 0.25) is 10.0 Å². The van der Waals surface area contributed by atoms with E-state index in [0.717, 1.165) is 0 Å². The molecule has 1 aliphatic heterocycles. The molecular weight excluding hydrogens is 377 g/mol. The van der Waals surface area contributed by atoms with Gasteiger partial charge in [-0.1, -0.05) is 23.2 Å². The molecule has 0 bridgehead atoms. The van der Waals surface area contributed by atoms with Crippen molar-refractivity contribution in [2.75, 3.05) is 18.6 Å². The van der Waals surface area contributed by atoms with Crippen LogP contribution in [0, 0.1) is 0 Å². The van der Waals surface area contributed by atoms with E-state index < -0.39 is 33.9 Å². The van der Waals surface area contributed by atoms with E-state index in [9.17, 15) is 18.0 Å². The van der Waals surface area contributed by atoms with Gasteiger partial charge in [0.05, 0.1) is 22.1 Å². The van der Waals surface area contributed by atoms with Crippen LogP contribution < -0.4 is 0 Å². The molecule has 0 aliphatic carbocycles. The number of likely N-dealkylation sites (N-methyl/N-ethyl adjacent to an activating group) is 1. The van der Waals surface area contributed by atoms with Crippen LogP contribution in [0.15, 0.2) is 18.2 Å². The topological polar surface area (TPSA) is 80.8 Å². The van der Waals surface area contributed by atoms with Crippen molar-refractivity contribution in [2.24, 2.45) is 0 Å². The summed E-state index contributed by atoms with van der Waals surface area (Å²) in [6.45, 7) is 1.43. The van der Waals surface area contributed by atoms with Gasteiger partial charge in [-0.3, -0.25) is 4.79 Å². The minimum atomic E-state index is -3.11. The number of benzene rings is 1. The van der Waals surface area contributed by atoms with Crippen LogP contribution in [-0.4, -0.2) is 55.9 Å². The number of sulfone groups is 1. The minimum absolute atomic E-state index is 0.0594. The van der Waals surface area contributed by atoms with Crippen LogP contribution in [0.25, 0.3) is 0 Å². The third kappa shape index (κ3) is 4.40. The maximum absolute atomic E-state index is 12.3. The molecule has 0 saturated carbocycles. The van der Waals surface area contributed by atoms with Gasteiger partial charge in [0.2, 0.25) is 0 Å². The Morgan fingerprint density at radius 1 is 1.33 bits per heavy atom. The lowest BCUT2D eigenvalue weighted by atomic mass is 10.2. The van der Waals surface area contributed by atoms with Crippen LogP contribution in [0.4, 0.5) is 0 Å². The van der Waals surface area contributed by atoms with E-state index in [0.29, 0.717) is 11.4 Å². The number of ether oxygens (including phenoxy) is 1. The third-order valence-corrected chi connectivity index (χ3v) is 6.18. The summed E-state index contributed by atoms with van der Waals surface area (Å²) in [7, 11) is -1.60. The summed E-state index contributed by atoms with van der Waals surface area (Å²) in [4.78, 5) is 25.8. The minimum Gasteiger partial charge on any atom is -0.449 e. The molecule has 2 atom stereocenters. The van der Waals surface area contributed by atoms with E-state index in [1.807, 2.05) is 0 Å². The molecule has 1 aromatic carbocycles. The molecule has 1 saturated heterocycles.